The van der Waals surface area contributed by atoms with Crippen LogP contribution in [0.25, 0.3) is 0 Å². The third kappa shape index (κ3) is 68.2. The van der Waals surface area contributed by atoms with Crippen molar-refractivity contribution >= 4 is 17.9 Å². The predicted octanol–water partition coefficient (Wildman–Crippen LogP) is 24.1. The van der Waals surface area contributed by atoms with Gasteiger partial charge in [-0.25, -0.2) is 0 Å². The molecule has 0 aromatic heterocycles. The summed E-state index contributed by atoms with van der Waals surface area (Å²) < 4.78 is 17.0. The van der Waals surface area contributed by atoms with Gasteiger partial charge < -0.3 is 14.2 Å². The highest BCUT2D eigenvalue weighted by Crippen LogP contribution is 2.16. The van der Waals surface area contributed by atoms with Crippen LogP contribution in [0.4, 0.5) is 0 Å². The van der Waals surface area contributed by atoms with E-state index in [1.54, 1.807) is 0 Å². The Morgan fingerprint density at radius 3 is 0.771 bits per heavy atom. The van der Waals surface area contributed by atoms with E-state index in [0.29, 0.717) is 19.3 Å². The van der Waals surface area contributed by atoms with Crippen molar-refractivity contribution in [1.29, 1.82) is 0 Å². The maximum Gasteiger partial charge on any atom is 0.306 e. The molecule has 0 fully saturated rings. The maximum atomic E-state index is 12.9. The fourth-order valence-corrected chi connectivity index (χ4v) is 9.43. The van der Waals surface area contributed by atoms with Crippen LogP contribution >= 0.6 is 0 Å². The second-order valence-corrected chi connectivity index (χ2v) is 22.7. The Balaban J connectivity index is 4.38. The molecule has 0 aliphatic rings. The van der Waals surface area contributed by atoms with Crippen molar-refractivity contribution in [1.82, 2.24) is 0 Å². The zero-order valence-electron chi connectivity index (χ0n) is 54.2. The topological polar surface area (TPSA) is 78.9 Å². The van der Waals surface area contributed by atoms with Gasteiger partial charge in [-0.05, 0) is 141 Å². The molecule has 0 aliphatic heterocycles. The van der Waals surface area contributed by atoms with Crippen molar-refractivity contribution in [3.8, 4) is 0 Å². The van der Waals surface area contributed by atoms with Crippen LogP contribution in [0.2, 0.25) is 0 Å². The fourth-order valence-electron chi connectivity index (χ4n) is 9.43. The van der Waals surface area contributed by atoms with Crippen molar-refractivity contribution in [3.05, 3.63) is 134 Å². The van der Waals surface area contributed by atoms with Crippen LogP contribution in [-0.4, -0.2) is 37.2 Å². The van der Waals surface area contributed by atoms with Crippen molar-refractivity contribution in [2.24, 2.45) is 0 Å². The average molecular weight is 1150 g/mol. The average Bonchev–Trinajstić information content (AvgIpc) is 3.49. The Bertz CT molecular complexity index is 1750. The third-order valence-corrected chi connectivity index (χ3v) is 14.6. The molecule has 0 rings (SSSR count). The van der Waals surface area contributed by atoms with Gasteiger partial charge in [0.05, 0.1) is 0 Å². The quantitative estimate of drug-likeness (QED) is 0.0261. The molecule has 0 N–H and O–H groups in total. The molecule has 0 saturated carbocycles. The monoisotopic (exact) mass is 1150 g/mol. The Kier molecular flexibility index (Phi) is 66.3. The molecule has 0 aromatic carbocycles. The largest absolute Gasteiger partial charge is 0.462 e. The first kappa shape index (κ1) is 78.5. The van der Waals surface area contributed by atoms with Crippen molar-refractivity contribution in [3.63, 3.8) is 0 Å². The van der Waals surface area contributed by atoms with E-state index in [4.69, 9.17) is 14.2 Å². The number of carbonyl (C=O) groups excluding carboxylic acids is 3. The standard InChI is InChI=1S/C77H128O6/c1-4-7-10-13-16-19-22-25-28-30-32-33-34-35-36-37-38-39-40-41-42-43-45-46-49-52-55-58-61-64-67-70-76(79)82-73-74(72-81-75(78)69-66-63-60-57-54-51-48-27-24-21-18-15-12-9-6-3)83-77(80)71-68-65-62-59-56-53-50-47-44-31-29-26-23-20-17-14-11-8-5-2/h7,10,16-17,19-20,25-29,32-33,35-36,38-39,41-42,45-46,48,74H,4-6,8-9,11-15,18,21-24,30-31,34,37,40,43-44,47,49-73H2,1-3H3/b10-7-,19-16-,20-17-,28-25-,29-26-,33-32-,36-35-,39-38-,42-41-,46-45-,48-27-. The minimum absolute atomic E-state index is 0.0906. The van der Waals surface area contributed by atoms with Gasteiger partial charge >= 0.3 is 17.9 Å². The Labute approximate surface area is 513 Å². The summed E-state index contributed by atoms with van der Waals surface area (Å²) in [6.45, 7) is 6.49. The molecule has 0 radical (unpaired) electrons. The summed E-state index contributed by atoms with van der Waals surface area (Å²) in [7, 11) is 0. The van der Waals surface area contributed by atoms with Crippen LogP contribution in [0.5, 0.6) is 0 Å². The SMILES string of the molecule is CC/C=C\C/C=C\C/C=C\C/C=C\C/C=C\C/C=C\C/C=C\C/C=C\CCCCCCCCC(=O)OCC(COC(=O)CCCCCCC/C=C\CCCCCCCC)OC(=O)CCCCCCCCCCC/C=C\C/C=C\CCCCC. The zero-order chi connectivity index (χ0) is 59.9. The van der Waals surface area contributed by atoms with Crippen molar-refractivity contribution < 1.29 is 28.6 Å². The van der Waals surface area contributed by atoms with E-state index in [1.165, 1.54) is 141 Å². The molecule has 6 heteroatoms. The fraction of sp³-hybridized carbons (Fsp3) is 0.675. The lowest BCUT2D eigenvalue weighted by Crippen LogP contribution is -2.30. The van der Waals surface area contributed by atoms with Gasteiger partial charge in [0, 0.05) is 19.3 Å². The predicted molar refractivity (Wildman–Crippen MR) is 362 cm³/mol. The highest BCUT2D eigenvalue weighted by atomic mass is 16.6. The van der Waals surface area contributed by atoms with Crippen LogP contribution in [0, 0.1) is 0 Å². The molecule has 0 saturated heterocycles. The van der Waals surface area contributed by atoms with Gasteiger partial charge in [0.15, 0.2) is 6.10 Å². The molecule has 6 nitrogen and oxygen atoms in total. The van der Waals surface area contributed by atoms with Crippen molar-refractivity contribution in [2.75, 3.05) is 13.2 Å². The highest BCUT2D eigenvalue weighted by Gasteiger charge is 2.19. The molecule has 83 heavy (non-hydrogen) atoms. The van der Waals surface area contributed by atoms with Gasteiger partial charge in [0.25, 0.3) is 0 Å². The second-order valence-electron chi connectivity index (χ2n) is 22.7. The third-order valence-electron chi connectivity index (χ3n) is 14.6. The number of allylic oxidation sites excluding steroid dienone is 22. The summed E-state index contributed by atoms with van der Waals surface area (Å²) in [6.07, 6.45) is 98.9. The maximum absolute atomic E-state index is 12.9. The van der Waals surface area contributed by atoms with Gasteiger partial charge in [-0.3, -0.25) is 14.4 Å². The second kappa shape index (κ2) is 70.0. The van der Waals surface area contributed by atoms with E-state index < -0.39 is 6.10 Å². The molecule has 472 valence electrons. The van der Waals surface area contributed by atoms with Gasteiger partial charge in [-0.2, -0.15) is 0 Å². The molecule has 0 heterocycles. The number of carbonyl (C=O) groups is 3. The van der Waals surface area contributed by atoms with Gasteiger partial charge in [-0.1, -0.05) is 289 Å². The molecular formula is C77H128O6. The van der Waals surface area contributed by atoms with Crippen LogP contribution in [0.15, 0.2) is 134 Å². The van der Waals surface area contributed by atoms with E-state index in [0.717, 1.165) is 135 Å². The minimum atomic E-state index is -0.796. The molecule has 1 atom stereocenters. The molecule has 0 bridgehead atoms. The summed E-state index contributed by atoms with van der Waals surface area (Å²) >= 11 is 0. The highest BCUT2D eigenvalue weighted by molar-refractivity contribution is 5.71. The van der Waals surface area contributed by atoms with E-state index in [1.807, 2.05) is 0 Å². The molecule has 0 spiro atoms. The van der Waals surface area contributed by atoms with E-state index in [2.05, 4.69) is 154 Å². The summed E-state index contributed by atoms with van der Waals surface area (Å²) in [6, 6.07) is 0. The van der Waals surface area contributed by atoms with Crippen LogP contribution in [-0.2, 0) is 28.6 Å². The summed E-state index contributed by atoms with van der Waals surface area (Å²) in [5.41, 5.74) is 0. The lowest BCUT2D eigenvalue weighted by atomic mass is 10.1. The first-order valence-corrected chi connectivity index (χ1v) is 34.7. The van der Waals surface area contributed by atoms with E-state index in [9.17, 15) is 14.4 Å². The molecule has 0 amide bonds. The Morgan fingerprint density at radius 2 is 0.470 bits per heavy atom. The Hall–Kier alpha value is -4.45. The zero-order valence-corrected chi connectivity index (χ0v) is 54.2. The molecular weight excluding hydrogens is 1020 g/mol. The first-order chi connectivity index (χ1) is 41.0. The summed E-state index contributed by atoms with van der Waals surface area (Å²) in [4.78, 5) is 38.4. The number of ether oxygens (including phenoxy) is 3. The number of esters is 3. The van der Waals surface area contributed by atoms with E-state index >= 15 is 0 Å². The number of unbranched alkanes of at least 4 members (excludes halogenated alkanes) is 29. The Morgan fingerprint density at radius 1 is 0.253 bits per heavy atom. The van der Waals surface area contributed by atoms with Crippen LogP contribution in [0.1, 0.15) is 316 Å². The molecule has 1 unspecified atom stereocenters. The first-order valence-electron chi connectivity index (χ1n) is 34.7. The van der Waals surface area contributed by atoms with Crippen LogP contribution in [0.3, 0.4) is 0 Å². The van der Waals surface area contributed by atoms with Gasteiger partial charge in [-0.15, -0.1) is 0 Å². The molecule has 0 aliphatic carbocycles. The molecule has 0 aromatic rings. The normalized spacial score (nSPS) is 13.0. The van der Waals surface area contributed by atoms with E-state index in [-0.39, 0.29) is 31.1 Å². The summed E-state index contributed by atoms with van der Waals surface area (Å²) in [5, 5.41) is 0. The van der Waals surface area contributed by atoms with Crippen molar-refractivity contribution in [2.45, 2.75) is 322 Å². The number of hydrogen-bond donors (Lipinski definition) is 0. The van der Waals surface area contributed by atoms with Gasteiger partial charge in [0.1, 0.15) is 13.2 Å². The smallest absolute Gasteiger partial charge is 0.306 e. The summed E-state index contributed by atoms with van der Waals surface area (Å²) in [5.74, 6) is -0.910. The van der Waals surface area contributed by atoms with Crippen LogP contribution < -0.4 is 0 Å². The lowest BCUT2D eigenvalue weighted by molar-refractivity contribution is -0.167. The number of rotatable bonds is 62. The minimum Gasteiger partial charge on any atom is -0.462 e. The lowest BCUT2D eigenvalue weighted by Gasteiger charge is -2.18. The van der Waals surface area contributed by atoms with Gasteiger partial charge in [0.2, 0.25) is 0 Å². The number of hydrogen-bond acceptors (Lipinski definition) is 6.